The maximum Gasteiger partial charge on any atom is 0.330 e. The summed E-state index contributed by atoms with van der Waals surface area (Å²) in [4.78, 5) is 58.9. The van der Waals surface area contributed by atoms with Gasteiger partial charge in [0.05, 0.1) is 13.7 Å². The molecule has 39 heavy (non-hydrogen) atoms. The lowest BCUT2D eigenvalue weighted by atomic mass is 9.98. The normalized spacial score (nSPS) is 22.4. The minimum absolute atomic E-state index is 0.131. The molecule has 0 spiro atoms. The Balaban J connectivity index is 2.47. The van der Waals surface area contributed by atoms with Crippen molar-refractivity contribution >= 4 is 35.9 Å². The Labute approximate surface area is 225 Å². The fourth-order valence-electron chi connectivity index (χ4n) is 3.65. The molecule has 0 bridgehead atoms. The van der Waals surface area contributed by atoms with Gasteiger partial charge in [0.15, 0.2) is 23.7 Å². The van der Waals surface area contributed by atoms with E-state index in [0.29, 0.717) is 5.56 Å². The molecule has 1 heterocycles. The molecule has 0 saturated carbocycles. The number of rotatable bonds is 11. The zero-order valence-electron chi connectivity index (χ0n) is 22.5. The molecular weight excluding hydrogens is 520 g/mol. The van der Waals surface area contributed by atoms with Gasteiger partial charge in [-0.2, -0.15) is 0 Å². The van der Waals surface area contributed by atoms with Crippen molar-refractivity contribution in [3.05, 3.63) is 29.8 Å². The molecule has 1 saturated heterocycles. The molecular formula is C26H32O13. The second-order valence-electron chi connectivity index (χ2n) is 8.18. The van der Waals surface area contributed by atoms with E-state index in [1.54, 1.807) is 19.1 Å². The summed E-state index contributed by atoms with van der Waals surface area (Å²) < 4.78 is 43.4. The maximum absolute atomic E-state index is 12.0. The molecule has 13 heteroatoms. The minimum Gasteiger partial charge on any atom is -0.493 e. The second-order valence-corrected chi connectivity index (χ2v) is 8.18. The van der Waals surface area contributed by atoms with Crippen LogP contribution in [0.25, 0.3) is 6.08 Å². The molecule has 1 fully saturated rings. The van der Waals surface area contributed by atoms with Crippen molar-refractivity contribution < 1.29 is 61.9 Å². The van der Waals surface area contributed by atoms with Crippen molar-refractivity contribution in [2.24, 2.45) is 0 Å². The molecule has 1 aliphatic heterocycles. The van der Waals surface area contributed by atoms with E-state index < -0.39 is 67.2 Å². The number of hydrogen-bond acceptors (Lipinski definition) is 13. The minimum atomic E-state index is -1.43. The van der Waals surface area contributed by atoms with Crippen LogP contribution in [0.15, 0.2) is 24.3 Å². The summed E-state index contributed by atoms with van der Waals surface area (Å²) in [6, 6.07) is 4.69. The molecule has 0 unspecified atom stereocenters. The Kier molecular flexibility index (Phi) is 11.7. The molecule has 13 nitrogen and oxygen atoms in total. The summed E-state index contributed by atoms with van der Waals surface area (Å²) in [5.41, 5.74) is 0.578. The van der Waals surface area contributed by atoms with Gasteiger partial charge in [-0.3, -0.25) is 19.2 Å². The molecule has 5 atom stereocenters. The van der Waals surface area contributed by atoms with Gasteiger partial charge in [0.2, 0.25) is 12.4 Å². The summed E-state index contributed by atoms with van der Waals surface area (Å²) in [6.07, 6.45) is -3.94. The quantitative estimate of drug-likeness (QED) is 0.222. The van der Waals surface area contributed by atoms with Gasteiger partial charge in [0, 0.05) is 33.8 Å². The number of esters is 5. The molecule has 0 radical (unpaired) electrons. The van der Waals surface area contributed by atoms with Crippen LogP contribution in [0.5, 0.6) is 11.5 Å². The monoisotopic (exact) mass is 552 g/mol. The summed E-state index contributed by atoms with van der Waals surface area (Å²) in [6.45, 7) is 6.06. The molecule has 1 aromatic carbocycles. The van der Waals surface area contributed by atoms with E-state index in [4.69, 9.17) is 37.9 Å². The fourth-order valence-corrected chi connectivity index (χ4v) is 3.65. The van der Waals surface area contributed by atoms with E-state index in [9.17, 15) is 24.0 Å². The van der Waals surface area contributed by atoms with Gasteiger partial charge in [0.1, 0.15) is 12.7 Å². The molecule has 0 aromatic heterocycles. The van der Waals surface area contributed by atoms with Crippen molar-refractivity contribution in [1.29, 1.82) is 0 Å². The van der Waals surface area contributed by atoms with Gasteiger partial charge in [-0.25, -0.2) is 4.79 Å². The number of carbonyl (C=O) groups excluding carboxylic acids is 5. The predicted octanol–water partition coefficient (Wildman–Crippen LogP) is 1.73. The van der Waals surface area contributed by atoms with Crippen LogP contribution in [0, 0.1) is 0 Å². The third kappa shape index (κ3) is 9.60. The van der Waals surface area contributed by atoms with Crippen LogP contribution in [-0.2, 0) is 52.4 Å². The highest BCUT2D eigenvalue weighted by Gasteiger charge is 2.53. The number of benzene rings is 1. The second kappa shape index (κ2) is 14.7. The zero-order chi connectivity index (χ0) is 29.1. The average molecular weight is 553 g/mol. The lowest BCUT2D eigenvalue weighted by molar-refractivity contribution is -0.288. The lowest BCUT2D eigenvalue weighted by Crippen LogP contribution is -2.63. The Morgan fingerprint density at radius 1 is 0.821 bits per heavy atom. The summed E-state index contributed by atoms with van der Waals surface area (Å²) in [5, 5.41) is 0. The van der Waals surface area contributed by atoms with E-state index in [2.05, 4.69) is 0 Å². The van der Waals surface area contributed by atoms with Gasteiger partial charge in [0.25, 0.3) is 0 Å². The zero-order valence-corrected chi connectivity index (χ0v) is 22.5. The molecule has 0 aliphatic carbocycles. The van der Waals surface area contributed by atoms with Gasteiger partial charge in [-0.05, 0) is 30.7 Å². The first-order valence-corrected chi connectivity index (χ1v) is 11.9. The first kappa shape index (κ1) is 31.1. The highest BCUT2D eigenvalue weighted by atomic mass is 16.7. The third-order valence-electron chi connectivity index (χ3n) is 5.08. The summed E-state index contributed by atoms with van der Waals surface area (Å²) >= 11 is 0. The first-order valence-electron chi connectivity index (χ1n) is 11.9. The summed E-state index contributed by atoms with van der Waals surface area (Å²) in [7, 11) is 1.38. The smallest absolute Gasteiger partial charge is 0.330 e. The van der Waals surface area contributed by atoms with Crippen LogP contribution in [0.4, 0.5) is 0 Å². The fraction of sp³-hybridized carbons (Fsp3) is 0.500. The van der Waals surface area contributed by atoms with E-state index in [0.717, 1.165) is 20.8 Å². The van der Waals surface area contributed by atoms with Crippen molar-refractivity contribution in [2.75, 3.05) is 20.3 Å². The first-order chi connectivity index (χ1) is 18.4. The molecule has 1 aliphatic rings. The number of hydrogen-bond donors (Lipinski definition) is 0. The van der Waals surface area contributed by atoms with Crippen molar-refractivity contribution in [1.82, 2.24) is 0 Å². The number of ether oxygens (including phenoxy) is 8. The van der Waals surface area contributed by atoms with Crippen LogP contribution < -0.4 is 9.47 Å². The Hall–Kier alpha value is -4.13. The van der Waals surface area contributed by atoms with E-state index >= 15 is 0 Å². The van der Waals surface area contributed by atoms with Crippen LogP contribution in [0.2, 0.25) is 0 Å². The van der Waals surface area contributed by atoms with Gasteiger partial charge < -0.3 is 37.9 Å². The average Bonchev–Trinajstić information content (AvgIpc) is 2.85. The van der Waals surface area contributed by atoms with Gasteiger partial charge in [-0.1, -0.05) is 6.07 Å². The van der Waals surface area contributed by atoms with Crippen molar-refractivity contribution in [3.8, 4) is 11.5 Å². The van der Waals surface area contributed by atoms with E-state index in [1.807, 2.05) is 0 Å². The van der Waals surface area contributed by atoms with Crippen LogP contribution in [-0.4, -0.2) is 80.9 Å². The van der Waals surface area contributed by atoms with Crippen LogP contribution >= 0.6 is 0 Å². The Morgan fingerprint density at radius 2 is 1.44 bits per heavy atom. The standard InChI is InChI=1S/C26H32O13/c1-7-33-22(31)11-9-18-8-10-19(20(12-18)32-6)38-26-25(37-17(5)30)24(36-16(4)29)23(35-15(3)28)21(39-26)13-34-14(2)27/h8-12,21,23-26H,7,13H2,1-6H3/b11-9+/t21-,23-,24+,25-,26-/m1/s1. The largest absolute Gasteiger partial charge is 0.493 e. The van der Waals surface area contributed by atoms with Crippen LogP contribution in [0.3, 0.4) is 0 Å². The molecule has 214 valence electrons. The maximum atomic E-state index is 12.0. The molecule has 2 rings (SSSR count). The molecule has 0 amide bonds. The van der Waals surface area contributed by atoms with Crippen molar-refractivity contribution in [3.63, 3.8) is 0 Å². The molecule has 1 aromatic rings. The highest BCUT2D eigenvalue weighted by Crippen LogP contribution is 2.35. The number of carbonyl (C=O) groups is 5. The number of methoxy groups -OCH3 is 1. The topological polar surface area (TPSA) is 159 Å². The third-order valence-corrected chi connectivity index (χ3v) is 5.08. The van der Waals surface area contributed by atoms with Gasteiger partial charge in [-0.15, -0.1) is 0 Å². The van der Waals surface area contributed by atoms with Crippen molar-refractivity contribution in [2.45, 2.75) is 65.3 Å². The highest BCUT2D eigenvalue weighted by molar-refractivity contribution is 5.87. The molecule has 0 N–H and O–H groups in total. The van der Waals surface area contributed by atoms with Crippen LogP contribution in [0.1, 0.15) is 40.2 Å². The predicted molar refractivity (Wildman–Crippen MR) is 131 cm³/mol. The lowest BCUT2D eigenvalue weighted by Gasteiger charge is -2.44. The Morgan fingerprint density at radius 3 is 2.00 bits per heavy atom. The van der Waals surface area contributed by atoms with Gasteiger partial charge >= 0.3 is 29.8 Å². The Bertz CT molecular complexity index is 1080. The SMILES string of the molecule is CCOC(=O)/C=C/c1ccc(O[C@@H]2O[C@H](COC(C)=O)[C@@H](OC(C)=O)[C@H](OC(C)=O)[C@H]2OC(C)=O)c(OC)c1. The van der Waals surface area contributed by atoms with E-state index in [1.165, 1.54) is 32.3 Å². The summed E-state index contributed by atoms with van der Waals surface area (Å²) in [5.74, 6) is -3.09. The van der Waals surface area contributed by atoms with E-state index in [-0.39, 0.29) is 18.1 Å².